The Kier molecular flexibility index (Phi) is 4.74. The normalized spacial score (nSPS) is 15.7. The van der Waals surface area contributed by atoms with Crippen LogP contribution < -0.4 is 4.74 Å². The van der Waals surface area contributed by atoms with Crippen molar-refractivity contribution in [1.29, 1.82) is 0 Å². The first-order valence-corrected chi connectivity index (χ1v) is 9.92. The van der Waals surface area contributed by atoms with E-state index in [1.807, 2.05) is 28.9 Å². The smallest absolute Gasteiger partial charge is 0.155 e. The molecule has 3 heterocycles. The summed E-state index contributed by atoms with van der Waals surface area (Å²) in [4.78, 5) is 9.21. The Bertz CT molecular complexity index is 1180. The van der Waals surface area contributed by atoms with Gasteiger partial charge in [0.2, 0.25) is 0 Å². The van der Waals surface area contributed by atoms with Gasteiger partial charge >= 0.3 is 0 Å². The van der Waals surface area contributed by atoms with Crippen LogP contribution >= 0.6 is 0 Å². The van der Waals surface area contributed by atoms with Crippen molar-refractivity contribution in [2.24, 2.45) is 0 Å². The van der Waals surface area contributed by atoms with Crippen molar-refractivity contribution < 1.29 is 9.13 Å². The third kappa shape index (κ3) is 3.34. The molecule has 0 radical (unpaired) electrons. The molecule has 4 aromatic rings. The molecule has 5 rings (SSSR count). The Morgan fingerprint density at radius 3 is 2.83 bits per heavy atom. The highest BCUT2D eigenvalue weighted by atomic mass is 19.1. The van der Waals surface area contributed by atoms with E-state index in [0.29, 0.717) is 24.4 Å². The summed E-state index contributed by atoms with van der Waals surface area (Å²) >= 11 is 0. The predicted molar refractivity (Wildman–Crippen MR) is 108 cm³/mol. The van der Waals surface area contributed by atoms with Crippen molar-refractivity contribution in [3.63, 3.8) is 0 Å². The molecule has 0 aliphatic carbocycles. The van der Waals surface area contributed by atoms with Crippen LogP contribution in [0, 0.1) is 5.82 Å². The molecule has 152 valence electrons. The molecule has 0 fully saturated rings. The Balaban J connectivity index is 1.56. The van der Waals surface area contributed by atoms with Gasteiger partial charge in [-0.15, -0.1) is 0 Å². The molecule has 0 N–H and O–H groups in total. The molecule has 8 heteroatoms. The number of methoxy groups -OCH3 is 1. The molecule has 2 aromatic heterocycles. The maximum atomic E-state index is 14.6. The van der Waals surface area contributed by atoms with Crippen LogP contribution in [-0.4, -0.2) is 36.6 Å². The van der Waals surface area contributed by atoms with Gasteiger partial charge < -0.3 is 4.74 Å². The molecule has 2 aromatic carbocycles. The van der Waals surface area contributed by atoms with Gasteiger partial charge in [-0.1, -0.05) is 30.3 Å². The van der Waals surface area contributed by atoms with Crippen LogP contribution in [0.3, 0.4) is 0 Å². The van der Waals surface area contributed by atoms with E-state index >= 15 is 0 Å². The van der Waals surface area contributed by atoms with E-state index in [0.717, 1.165) is 35.9 Å². The van der Waals surface area contributed by atoms with Gasteiger partial charge in [-0.3, -0.25) is 4.68 Å². The zero-order valence-electron chi connectivity index (χ0n) is 16.6. The SMILES string of the molecule is COc1ccccc1Cc1nc(C2CCn3ncnc3C2)n(-c2ccccc2F)n1. The molecular weight excluding hydrogens is 383 g/mol. The molecule has 0 saturated carbocycles. The van der Waals surface area contributed by atoms with Crippen molar-refractivity contribution in [2.75, 3.05) is 7.11 Å². The van der Waals surface area contributed by atoms with Crippen LogP contribution in [0.1, 0.15) is 35.4 Å². The highest BCUT2D eigenvalue weighted by Crippen LogP contribution is 2.30. The van der Waals surface area contributed by atoms with E-state index < -0.39 is 0 Å². The summed E-state index contributed by atoms with van der Waals surface area (Å²) in [5, 5.41) is 8.95. The first-order chi connectivity index (χ1) is 14.7. The number of aromatic nitrogens is 6. The topological polar surface area (TPSA) is 70.7 Å². The van der Waals surface area contributed by atoms with Crippen LogP contribution in [0.25, 0.3) is 5.69 Å². The number of hydrogen-bond acceptors (Lipinski definition) is 5. The van der Waals surface area contributed by atoms with E-state index in [9.17, 15) is 4.39 Å². The van der Waals surface area contributed by atoms with Crippen molar-refractivity contribution in [3.05, 3.63) is 83.7 Å². The lowest BCUT2D eigenvalue weighted by Crippen LogP contribution is -2.22. The van der Waals surface area contributed by atoms with Gasteiger partial charge in [0.15, 0.2) is 5.82 Å². The Morgan fingerprint density at radius 2 is 1.97 bits per heavy atom. The van der Waals surface area contributed by atoms with Crippen molar-refractivity contribution >= 4 is 0 Å². The maximum Gasteiger partial charge on any atom is 0.155 e. The van der Waals surface area contributed by atoms with E-state index in [1.165, 1.54) is 6.07 Å². The molecule has 7 nitrogen and oxygen atoms in total. The number of ether oxygens (including phenoxy) is 1. The number of para-hydroxylation sites is 2. The number of nitrogens with zero attached hydrogens (tertiary/aromatic N) is 6. The summed E-state index contributed by atoms with van der Waals surface area (Å²) in [7, 11) is 1.65. The number of halogens is 1. The Hall–Kier alpha value is -3.55. The number of aryl methyl sites for hydroxylation is 1. The van der Waals surface area contributed by atoms with E-state index in [4.69, 9.17) is 14.8 Å². The Labute approximate surface area is 173 Å². The second kappa shape index (κ2) is 7.70. The number of benzene rings is 2. The minimum Gasteiger partial charge on any atom is -0.496 e. The van der Waals surface area contributed by atoms with Crippen molar-refractivity contribution in [3.8, 4) is 11.4 Å². The summed E-state index contributed by atoms with van der Waals surface area (Å²) in [6.45, 7) is 0.756. The average Bonchev–Trinajstić information content (AvgIpc) is 3.41. The third-order valence-electron chi connectivity index (χ3n) is 5.48. The average molecular weight is 404 g/mol. The minimum atomic E-state index is -0.327. The highest BCUT2D eigenvalue weighted by Gasteiger charge is 2.28. The predicted octanol–water partition coefficient (Wildman–Crippen LogP) is 3.33. The lowest BCUT2D eigenvalue weighted by atomic mass is 9.97. The quantitative estimate of drug-likeness (QED) is 0.510. The minimum absolute atomic E-state index is 0.0835. The molecule has 1 unspecified atom stereocenters. The molecule has 1 aliphatic rings. The van der Waals surface area contributed by atoms with Gasteiger partial charge in [0.1, 0.15) is 35.2 Å². The van der Waals surface area contributed by atoms with Gasteiger partial charge in [0.25, 0.3) is 0 Å². The fraction of sp³-hybridized carbons (Fsp3) is 0.273. The van der Waals surface area contributed by atoms with Crippen molar-refractivity contribution in [2.45, 2.75) is 31.7 Å². The summed E-state index contributed by atoms with van der Waals surface area (Å²) in [6.07, 6.45) is 3.62. The van der Waals surface area contributed by atoms with E-state index in [-0.39, 0.29) is 11.7 Å². The van der Waals surface area contributed by atoms with Gasteiger partial charge in [0.05, 0.1) is 7.11 Å². The lowest BCUT2D eigenvalue weighted by Gasteiger charge is -2.22. The highest BCUT2D eigenvalue weighted by molar-refractivity contribution is 5.37. The fourth-order valence-electron chi connectivity index (χ4n) is 3.98. The van der Waals surface area contributed by atoms with E-state index in [1.54, 1.807) is 36.3 Å². The van der Waals surface area contributed by atoms with Gasteiger partial charge in [-0.05, 0) is 24.6 Å². The molecular formula is C22H21FN6O. The van der Waals surface area contributed by atoms with Crippen LogP contribution in [0.2, 0.25) is 0 Å². The molecule has 0 bridgehead atoms. The fourth-order valence-corrected chi connectivity index (χ4v) is 3.98. The molecule has 0 amide bonds. The molecule has 0 saturated heterocycles. The van der Waals surface area contributed by atoms with Crippen molar-refractivity contribution in [1.82, 2.24) is 29.5 Å². The monoisotopic (exact) mass is 404 g/mol. The summed E-state index contributed by atoms with van der Waals surface area (Å²) in [5.41, 5.74) is 1.39. The Morgan fingerprint density at radius 1 is 1.13 bits per heavy atom. The first-order valence-electron chi connectivity index (χ1n) is 9.92. The number of rotatable bonds is 5. The number of hydrogen-bond donors (Lipinski definition) is 0. The molecule has 30 heavy (non-hydrogen) atoms. The van der Waals surface area contributed by atoms with Gasteiger partial charge in [-0.2, -0.15) is 10.2 Å². The van der Waals surface area contributed by atoms with Gasteiger partial charge in [-0.25, -0.2) is 19.0 Å². The van der Waals surface area contributed by atoms with Crippen LogP contribution in [0.4, 0.5) is 4.39 Å². The summed E-state index contributed by atoms with van der Waals surface area (Å²) in [6, 6.07) is 14.4. The molecule has 1 atom stereocenters. The number of fused-ring (bicyclic) bond motifs is 1. The second-order valence-corrected chi connectivity index (χ2v) is 7.33. The first kappa shape index (κ1) is 18.5. The standard InChI is InChI=1S/C22H21FN6O/c1-30-19-9-5-2-6-15(19)12-20-26-22(16-10-11-28-21(13-16)24-14-25-28)29(27-20)18-8-4-3-7-17(18)23/h2-9,14,16H,10-13H2,1H3. The van der Waals surface area contributed by atoms with Crippen LogP contribution in [-0.2, 0) is 19.4 Å². The second-order valence-electron chi connectivity index (χ2n) is 7.33. The van der Waals surface area contributed by atoms with Gasteiger partial charge in [0, 0.05) is 30.9 Å². The van der Waals surface area contributed by atoms with E-state index in [2.05, 4.69) is 10.1 Å². The molecule has 0 spiro atoms. The molecule has 1 aliphatic heterocycles. The third-order valence-corrected chi connectivity index (χ3v) is 5.48. The van der Waals surface area contributed by atoms with Crippen LogP contribution in [0.5, 0.6) is 5.75 Å². The largest absolute Gasteiger partial charge is 0.496 e. The zero-order chi connectivity index (χ0) is 20.5. The summed E-state index contributed by atoms with van der Waals surface area (Å²) < 4.78 is 23.7. The maximum absolute atomic E-state index is 14.6. The summed E-state index contributed by atoms with van der Waals surface area (Å²) in [5.74, 6) is 2.84. The van der Waals surface area contributed by atoms with Crippen LogP contribution in [0.15, 0.2) is 54.9 Å². The lowest BCUT2D eigenvalue weighted by molar-refractivity contribution is 0.410. The zero-order valence-corrected chi connectivity index (χ0v) is 16.6.